The second kappa shape index (κ2) is 6.04. The standard InChI is InChI=1S/C16H12F3N3O/c17-16(18,19)23-15-7-2-5-13(11-15)21-12-4-1-6-14(10-12)22-9-3-8-20-22/h1-11,21H. The first-order valence-corrected chi connectivity index (χ1v) is 6.72. The van der Waals surface area contributed by atoms with Crippen molar-refractivity contribution in [3.8, 4) is 11.4 Å². The van der Waals surface area contributed by atoms with E-state index in [1.54, 1.807) is 29.2 Å². The summed E-state index contributed by atoms with van der Waals surface area (Å²) >= 11 is 0. The lowest BCUT2D eigenvalue weighted by Gasteiger charge is -2.12. The lowest BCUT2D eigenvalue weighted by atomic mass is 10.2. The van der Waals surface area contributed by atoms with Crippen molar-refractivity contribution in [2.45, 2.75) is 6.36 Å². The topological polar surface area (TPSA) is 39.1 Å². The molecule has 0 aliphatic heterocycles. The van der Waals surface area contributed by atoms with Gasteiger partial charge in [0.2, 0.25) is 0 Å². The molecule has 0 unspecified atom stereocenters. The number of halogens is 3. The predicted molar refractivity (Wildman–Crippen MR) is 80.0 cm³/mol. The molecule has 0 saturated carbocycles. The van der Waals surface area contributed by atoms with Gasteiger partial charge < -0.3 is 10.1 Å². The van der Waals surface area contributed by atoms with E-state index in [9.17, 15) is 13.2 Å². The summed E-state index contributed by atoms with van der Waals surface area (Å²) in [6.45, 7) is 0. The summed E-state index contributed by atoms with van der Waals surface area (Å²) in [6, 6.07) is 14.8. The summed E-state index contributed by atoms with van der Waals surface area (Å²) in [5.74, 6) is -0.272. The minimum absolute atomic E-state index is 0.272. The summed E-state index contributed by atoms with van der Waals surface area (Å²) < 4.78 is 42.4. The van der Waals surface area contributed by atoms with E-state index in [-0.39, 0.29) is 5.75 Å². The number of aromatic nitrogens is 2. The van der Waals surface area contributed by atoms with Crippen LogP contribution in [-0.2, 0) is 0 Å². The molecule has 1 N–H and O–H groups in total. The van der Waals surface area contributed by atoms with Crippen LogP contribution in [0.3, 0.4) is 0 Å². The maximum atomic E-state index is 12.3. The number of rotatable bonds is 4. The number of anilines is 2. The molecule has 0 atom stereocenters. The molecule has 2 aromatic carbocycles. The second-order valence-corrected chi connectivity index (χ2v) is 4.70. The van der Waals surface area contributed by atoms with E-state index in [0.29, 0.717) is 5.69 Å². The van der Waals surface area contributed by atoms with Crippen LogP contribution in [0.5, 0.6) is 5.75 Å². The predicted octanol–water partition coefficient (Wildman–Crippen LogP) is 4.51. The van der Waals surface area contributed by atoms with Gasteiger partial charge in [0.15, 0.2) is 0 Å². The molecule has 0 bridgehead atoms. The minimum Gasteiger partial charge on any atom is -0.406 e. The molecule has 3 aromatic rings. The van der Waals surface area contributed by atoms with Gasteiger partial charge in [-0.25, -0.2) is 4.68 Å². The van der Waals surface area contributed by atoms with Crippen molar-refractivity contribution in [3.63, 3.8) is 0 Å². The zero-order chi connectivity index (χ0) is 16.3. The number of nitrogens with zero attached hydrogens (tertiary/aromatic N) is 2. The Morgan fingerprint density at radius 2 is 1.70 bits per heavy atom. The molecule has 0 radical (unpaired) electrons. The number of hydrogen-bond acceptors (Lipinski definition) is 3. The van der Waals surface area contributed by atoms with Gasteiger partial charge in [-0.1, -0.05) is 12.1 Å². The summed E-state index contributed by atoms with van der Waals surface area (Å²) in [4.78, 5) is 0. The molecule has 4 nitrogen and oxygen atoms in total. The van der Waals surface area contributed by atoms with Gasteiger partial charge >= 0.3 is 6.36 Å². The van der Waals surface area contributed by atoms with Gasteiger partial charge in [-0.15, -0.1) is 13.2 Å². The summed E-state index contributed by atoms with van der Waals surface area (Å²) in [5, 5.41) is 7.18. The maximum absolute atomic E-state index is 12.3. The Balaban J connectivity index is 1.80. The SMILES string of the molecule is FC(F)(F)Oc1cccc(Nc2cccc(-n3cccn3)c2)c1. The van der Waals surface area contributed by atoms with Crippen LogP contribution in [0.25, 0.3) is 5.69 Å². The van der Waals surface area contributed by atoms with Crippen LogP contribution in [0.2, 0.25) is 0 Å². The van der Waals surface area contributed by atoms with E-state index in [0.717, 1.165) is 11.4 Å². The Morgan fingerprint density at radius 1 is 0.957 bits per heavy atom. The zero-order valence-electron chi connectivity index (χ0n) is 11.8. The van der Waals surface area contributed by atoms with Crippen molar-refractivity contribution >= 4 is 11.4 Å². The Morgan fingerprint density at radius 3 is 2.39 bits per heavy atom. The maximum Gasteiger partial charge on any atom is 0.573 e. The molecule has 1 aromatic heterocycles. The van der Waals surface area contributed by atoms with Gasteiger partial charge in [0.25, 0.3) is 0 Å². The van der Waals surface area contributed by atoms with Crippen LogP contribution in [0.4, 0.5) is 24.5 Å². The van der Waals surface area contributed by atoms with E-state index in [2.05, 4.69) is 15.2 Å². The van der Waals surface area contributed by atoms with Gasteiger partial charge in [-0.05, 0) is 36.4 Å². The lowest BCUT2D eigenvalue weighted by Crippen LogP contribution is -2.17. The number of benzene rings is 2. The quantitative estimate of drug-likeness (QED) is 0.769. The fraction of sp³-hybridized carbons (Fsp3) is 0.0625. The molecule has 3 rings (SSSR count). The first-order chi connectivity index (χ1) is 11.0. The van der Waals surface area contributed by atoms with Crippen molar-refractivity contribution in [2.24, 2.45) is 0 Å². The molecule has 0 saturated heterocycles. The first kappa shape index (κ1) is 15.0. The largest absolute Gasteiger partial charge is 0.573 e. The average molecular weight is 319 g/mol. The molecule has 7 heteroatoms. The molecule has 0 spiro atoms. The van der Waals surface area contributed by atoms with E-state index in [1.165, 1.54) is 18.2 Å². The molecule has 0 aliphatic rings. The molecule has 23 heavy (non-hydrogen) atoms. The third kappa shape index (κ3) is 4.03. The Kier molecular flexibility index (Phi) is 3.92. The number of nitrogens with one attached hydrogen (secondary N) is 1. The molecule has 1 heterocycles. The van der Waals surface area contributed by atoms with Crippen molar-refractivity contribution < 1.29 is 17.9 Å². The van der Waals surface area contributed by atoms with Crippen LogP contribution < -0.4 is 10.1 Å². The van der Waals surface area contributed by atoms with Crippen LogP contribution in [-0.4, -0.2) is 16.1 Å². The fourth-order valence-electron chi connectivity index (χ4n) is 2.09. The molecular formula is C16H12F3N3O. The van der Waals surface area contributed by atoms with E-state index >= 15 is 0 Å². The van der Waals surface area contributed by atoms with Crippen molar-refractivity contribution in [3.05, 3.63) is 67.0 Å². The van der Waals surface area contributed by atoms with Gasteiger partial charge in [0.1, 0.15) is 5.75 Å². The molecule has 0 fully saturated rings. The van der Waals surface area contributed by atoms with Gasteiger partial charge in [0.05, 0.1) is 5.69 Å². The average Bonchev–Trinajstić information content (AvgIpc) is 3.00. The number of hydrogen-bond donors (Lipinski definition) is 1. The molecule has 0 amide bonds. The molecule has 0 aliphatic carbocycles. The summed E-state index contributed by atoms with van der Waals surface area (Å²) in [5.41, 5.74) is 2.05. The normalized spacial score (nSPS) is 11.3. The van der Waals surface area contributed by atoms with Crippen molar-refractivity contribution in [2.75, 3.05) is 5.32 Å². The van der Waals surface area contributed by atoms with Crippen molar-refractivity contribution in [1.29, 1.82) is 0 Å². The highest BCUT2D eigenvalue weighted by Crippen LogP contribution is 2.27. The highest BCUT2D eigenvalue weighted by molar-refractivity contribution is 5.63. The Bertz CT molecular complexity index is 785. The Hall–Kier alpha value is -2.96. The van der Waals surface area contributed by atoms with Crippen LogP contribution >= 0.6 is 0 Å². The third-order valence-electron chi connectivity index (χ3n) is 2.97. The summed E-state index contributed by atoms with van der Waals surface area (Å²) in [7, 11) is 0. The van der Waals surface area contributed by atoms with Crippen LogP contribution in [0.15, 0.2) is 67.0 Å². The van der Waals surface area contributed by atoms with Gasteiger partial charge in [-0.3, -0.25) is 0 Å². The molecule has 118 valence electrons. The van der Waals surface area contributed by atoms with Gasteiger partial charge in [-0.2, -0.15) is 5.10 Å². The second-order valence-electron chi connectivity index (χ2n) is 4.70. The highest BCUT2D eigenvalue weighted by Gasteiger charge is 2.31. The summed E-state index contributed by atoms with van der Waals surface area (Å²) in [6.07, 6.45) is -1.24. The van der Waals surface area contributed by atoms with E-state index < -0.39 is 6.36 Å². The van der Waals surface area contributed by atoms with Crippen molar-refractivity contribution in [1.82, 2.24) is 9.78 Å². The smallest absolute Gasteiger partial charge is 0.406 e. The van der Waals surface area contributed by atoms with E-state index in [4.69, 9.17) is 0 Å². The van der Waals surface area contributed by atoms with Gasteiger partial charge in [0, 0.05) is 29.8 Å². The minimum atomic E-state index is -4.71. The van der Waals surface area contributed by atoms with E-state index in [1.807, 2.05) is 24.3 Å². The Labute approximate surface area is 130 Å². The fourth-order valence-corrected chi connectivity index (χ4v) is 2.09. The molecular weight excluding hydrogens is 307 g/mol. The highest BCUT2D eigenvalue weighted by atomic mass is 19.4. The first-order valence-electron chi connectivity index (χ1n) is 6.72. The monoisotopic (exact) mass is 319 g/mol. The van der Waals surface area contributed by atoms with Crippen LogP contribution in [0.1, 0.15) is 0 Å². The number of alkyl halides is 3. The zero-order valence-corrected chi connectivity index (χ0v) is 11.8. The van der Waals surface area contributed by atoms with Crippen LogP contribution in [0, 0.1) is 0 Å². The third-order valence-corrected chi connectivity index (χ3v) is 2.97. The lowest BCUT2D eigenvalue weighted by molar-refractivity contribution is -0.274. The number of ether oxygens (including phenoxy) is 1.